The normalized spacial score (nSPS) is 17.5. The van der Waals surface area contributed by atoms with E-state index >= 15 is 0 Å². The molecule has 0 unspecified atom stereocenters. The molecule has 0 aromatic heterocycles. The first-order valence-corrected chi connectivity index (χ1v) is 10.2. The van der Waals surface area contributed by atoms with Crippen LogP contribution in [-0.2, 0) is 16.1 Å². The largest absolute Gasteiger partial charge is 0.497 e. The summed E-state index contributed by atoms with van der Waals surface area (Å²) in [4.78, 5) is 28.3. The van der Waals surface area contributed by atoms with Gasteiger partial charge in [-0.15, -0.1) is 0 Å². The highest BCUT2D eigenvalue weighted by molar-refractivity contribution is 5.78. The Hall–Kier alpha value is -2.28. The molecule has 154 valence electrons. The Morgan fingerprint density at radius 3 is 2.39 bits per heavy atom. The number of hydrogen-bond acceptors (Lipinski definition) is 5. The van der Waals surface area contributed by atoms with Crippen molar-refractivity contribution in [3.8, 4) is 5.75 Å². The molecule has 1 saturated heterocycles. The Bertz CT molecular complexity index is 652. The summed E-state index contributed by atoms with van der Waals surface area (Å²) >= 11 is 0. The van der Waals surface area contributed by atoms with Gasteiger partial charge in [0.1, 0.15) is 5.75 Å². The van der Waals surface area contributed by atoms with E-state index in [-0.39, 0.29) is 18.0 Å². The molecule has 0 spiro atoms. The molecule has 3 rings (SSSR count). The molecule has 2 amide bonds. The van der Waals surface area contributed by atoms with Gasteiger partial charge in [0.25, 0.3) is 0 Å². The van der Waals surface area contributed by atoms with Crippen LogP contribution < -0.4 is 10.1 Å². The van der Waals surface area contributed by atoms with E-state index in [1.165, 1.54) is 5.56 Å². The van der Waals surface area contributed by atoms with E-state index in [1.807, 2.05) is 19.1 Å². The van der Waals surface area contributed by atoms with Gasteiger partial charge in [0.15, 0.2) is 0 Å². The zero-order valence-electron chi connectivity index (χ0n) is 16.9. The zero-order valence-corrected chi connectivity index (χ0v) is 16.9. The lowest BCUT2D eigenvalue weighted by atomic mass is 10.1. The number of likely N-dealkylation sites (tertiary alicyclic amines) is 1. The SMILES string of the molecule is CCOC(=O)N1CCC(NC(=O)CN(Cc2ccc(OC)cc2)C2CC2)CC1. The second-order valence-electron chi connectivity index (χ2n) is 7.51. The Morgan fingerprint density at radius 2 is 1.82 bits per heavy atom. The summed E-state index contributed by atoms with van der Waals surface area (Å²) in [5, 5.41) is 3.15. The molecule has 7 nitrogen and oxygen atoms in total. The Labute approximate surface area is 167 Å². The van der Waals surface area contributed by atoms with Crippen LogP contribution in [0.3, 0.4) is 0 Å². The van der Waals surface area contributed by atoms with Crippen molar-refractivity contribution in [3.05, 3.63) is 29.8 Å². The number of nitrogens with one attached hydrogen (secondary N) is 1. The summed E-state index contributed by atoms with van der Waals surface area (Å²) < 4.78 is 10.2. The van der Waals surface area contributed by atoms with E-state index < -0.39 is 0 Å². The second kappa shape index (κ2) is 9.78. The van der Waals surface area contributed by atoms with Crippen LogP contribution in [0.4, 0.5) is 4.79 Å². The fraction of sp³-hybridized carbons (Fsp3) is 0.619. The number of rotatable bonds is 8. The minimum absolute atomic E-state index is 0.0648. The van der Waals surface area contributed by atoms with Crippen molar-refractivity contribution < 1.29 is 19.1 Å². The third-order valence-corrected chi connectivity index (χ3v) is 5.34. The lowest BCUT2D eigenvalue weighted by Crippen LogP contribution is -2.49. The van der Waals surface area contributed by atoms with Crippen molar-refractivity contribution in [3.63, 3.8) is 0 Å². The number of nitrogens with zero attached hydrogens (tertiary/aromatic N) is 2. The maximum Gasteiger partial charge on any atom is 0.409 e. The molecule has 2 fully saturated rings. The van der Waals surface area contributed by atoms with E-state index in [9.17, 15) is 9.59 Å². The molecule has 2 aliphatic rings. The maximum absolute atomic E-state index is 12.6. The van der Waals surface area contributed by atoms with E-state index in [0.717, 1.165) is 38.0 Å². The number of benzene rings is 1. The van der Waals surface area contributed by atoms with Crippen LogP contribution in [0.5, 0.6) is 5.75 Å². The first-order chi connectivity index (χ1) is 13.6. The standard InChI is InChI=1S/C21H31N3O4/c1-3-28-21(26)23-12-10-17(11-13-23)22-20(25)15-24(18-6-7-18)14-16-4-8-19(27-2)9-5-16/h4-5,8-9,17-18H,3,6-7,10-15H2,1-2H3,(H,22,25). The average Bonchev–Trinajstić information content (AvgIpc) is 3.54. The van der Waals surface area contributed by atoms with Gasteiger partial charge in [-0.25, -0.2) is 4.79 Å². The number of piperidine rings is 1. The molecule has 1 aliphatic heterocycles. The average molecular weight is 389 g/mol. The van der Waals surface area contributed by atoms with Crippen LogP contribution in [0, 0.1) is 0 Å². The van der Waals surface area contributed by atoms with Crippen molar-refractivity contribution in [1.82, 2.24) is 15.1 Å². The fourth-order valence-corrected chi connectivity index (χ4v) is 3.60. The predicted octanol–water partition coefficient (Wildman–Crippen LogP) is 2.40. The first-order valence-electron chi connectivity index (χ1n) is 10.2. The molecule has 0 radical (unpaired) electrons. The lowest BCUT2D eigenvalue weighted by Gasteiger charge is -2.32. The third kappa shape index (κ3) is 5.86. The van der Waals surface area contributed by atoms with Gasteiger partial charge in [-0.3, -0.25) is 9.69 Å². The smallest absolute Gasteiger partial charge is 0.409 e. The lowest BCUT2D eigenvalue weighted by molar-refractivity contribution is -0.123. The van der Waals surface area contributed by atoms with Crippen LogP contribution in [0.2, 0.25) is 0 Å². The molecular formula is C21H31N3O4. The number of amides is 2. The molecule has 1 aromatic carbocycles. The summed E-state index contributed by atoms with van der Waals surface area (Å²) in [5.74, 6) is 0.906. The number of methoxy groups -OCH3 is 1. The third-order valence-electron chi connectivity index (χ3n) is 5.34. The number of carbonyl (C=O) groups is 2. The minimum Gasteiger partial charge on any atom is -0.497 e. The van der Waals surface area contributed by atoms with E-state index in [2.05, 4.69) is 22.3 Å². The van der Waals surface area contributed by atoms with Crippen molar-refractivity contribution in [1.29, 1.82) is 0 Å². The molecular weight excluding hydrogens is 358 g/mol. The van der Waals surface area contributed by atoms with Crippen molar-refractivity contribution >= 4 is 12.0 Å². The number of ether oxygens (including phenoxy) is 2. The molecule has 0 bridgehead atoms. The highest BCUT2D eigenvalue weighted by Crippen LogP contribution is 2.28. The summed E-state index contributed by atoms with van der Waals surface area (Å²) in [6.07, 6.45) is 3.59. The Balaban J connectivity index is 1.45. The molecule has 1 saturated carbocycles. The summed E-state index contributed by atoms with van der Waals surface area (Å²) in [6.45, 7) is 4.63. The maximum atomic E-state index is 12.6. The molecule has 28 heavy (non-hydrogen) atoms. The van der Waals surface area contributed by atoms with Crippen LogP contribution in [0.15, 0.2) is 24.3 Å². The first kappa shape index (κ1) is 20.5. The minimum atomic E-state index is -0.258. The summed E-state index contributed by atoms with van der Waals surface area (Å²) in [5.41, 5.74) is 1.18. The molecule has 0 atom stereocenters. The number of carbonyl (C=O) groups excluding carboxylic acids is 2. The Kier molecular flexibility index (Phi) is 7.14. The van der Waals surface area contributed by atoms with Crippen molar-refractivity contribution in [2.45, 2.75) is 51.2 Å². The second-order valence-corrected chi connectivity index (χ2v) is 7.51. The van der Waals surface area contributed by atoms with E-state index in [0.29, 0.717) is 32.3 Å². The molecule has 1 aromatic rings. The monoisotopic (exact) mass is 389 g/mol. The van der Waals surface area contributed by atoms with Crippen LogP contribution in [0.1, 0.15) is 38.2 Å². The molecule has 7 heteroatoms. The zero-order chi connectivity index (χ0) is 19.9. The molecule has 1 aliphatic carbocycles. The van der Waals surface area contributed by atoms with E-state index in [4.69, 9.17) is 9.47 Å². The quantitative estimate of drug-likeness (QED) is 0.739. The van der Waals surface area contributed by atoms with Gasteiger partial charge in [0.05, 0.1) is 20.3 Å². The summed E-state index contributed by atoms with van der Waals surface area (Å²) in [6, 6.07) is 8.64. The fourth-order valence-electron chi connectivity index (χ4n) is 3.60. The topological polar surface area (TPSA) is 71.1 Å². The van der Waals surface area contributed by atoms with Gasteiger partial charge in [0.2, 0.25) is 5.91 Å². The van der Waals surface area contributed by atoms with Crippen molar-refractivity contribution in [2.75, 3.05) is 33.4 Å². The number of hydrogen-bond donors (Lipinski definition) is 1. The highest BCUT2D eigenvalue weighted by atomic mass is 16.6. The van der Waals surface area contributed by atoms with Gasteiger partial charge < -0.3 is 19.7 Å². The van der Waals surface area contributed by atoms with E-state index in [1.54, 1.807) is 12.0 Å². The van der Waals surface area contributed by atoms with Gasteiger partial charge in [0, 0.05) is 31.7 Å². The van der Waals surface area contributed by atoms with Crippen LogP contribution >= 0.6 is 0 Å². The van der Waals surface area contributed by atoms with Gasteiger partial charge in [-0.1, -0.05) is 12.1 Å². The van der Waals surface area contributed by atoms with Gasteiger partial charge in [-0.2, -0.15) is 0 Å². The van der Waals surface area contributed by atoms with Crippen molar-refractivity contribution in [2.24, 2.45) is 0 Å². The molecule has 1 N–H and O–H groups in total. The predicted molar refractivity (Wildman–Crippen MR) is 106 cm³/mol. The van der Waals surface area contributed by atoms with Crippen LogP contribution in [-0.4, -0.2) is 67.2 Å². The molecule has 1 heterocycles. The Morgan fingerprint density at radius 1 is 1.14 bits per heavy atom. The van der Waals surface area contributed by atoms with Gasteiger partial charge >= 0.3 is 6.09 Å². The van der Waals surface area contributed by atoms with Gasteiger partial charge in [-0.05, 0) is 50.3 Å². The van der Waals surface area contributed by atoms with Crippen LogP contribution in [0.25, 0.3) is 0 Å². The highest BCUT2D eigenvalue weighted by Gasteiger charge is 2.31. The summed E-state index contributed by atoms with van der Waals surface area (Å²) in [7, 11) is 1.66.